The van der Waals surface area contributed by atoms with Gasteiger partial charge in [0.2, 0.25) is 0 Å². The molecule has 12 heavy (non-hydrogen) atoms. The monoisotopic (exact) mass is 168 g/mol. The summed E-state index contributed by atoms with van der Waals surface area (Å²) in [5.74, 6) is -0.444. The van der Waals surface area contributed by atoms with Crippen LogP contribution in [0.25, 0.3) is 0 Å². The molecule has 1 rings (SSSR count). The van der Waals surface area contributed by atoms with Gasteiger partial charge >= 0.3 is 5.97 Å². The maximum absolute atomic E-state index is 10.4. The van der Waals surface area contributed by atoms with Crippen LogP contribution in [0.3, 0.4) is 0 Å². The van der Waals surface area contributed by atoms with Crippen LogP contribution in [0, 0.1) is 5.92 Å². The summed E-state index contributed by atoms with van der Waals surface area (Å²) in [5, 5.41) is 16.0. The second-order valence-corrected chi connectivity index (χ2v) is 3.25. The van der Waals surface area contributed by atoms with Crippen LogP contribution in [0.4, 0.5) is 0 Å². The lowest BCUT2D eigenvalue weighted by atomic mass is 10.1. The van der Waals surface area contributed by atoms with E-state index in [1.807, 2.05) is 0 Å². The molecule has 1 N–H and O–H groups in total. The van der Waals surface area contributed by atoms with E-state index < -0.39 is 12.0 Å². The van der Waals surface area contributed by atoms with Crippen molar-refractivity contribution in [3.8, 4) is 0 Å². The lowest BCUT2D eigenvalue weighted by Gasteiger charge is -1.99. The third-order valence-corrected chi connectivity index (χ3v) is 1.53. The fourth-order valence-electron chi connectivity index (χ4n) is 1.03. The van der Waals surface area contributed by atoms with Gasteiger partial charge < -0.3 is 5.11 Å². The fraction of sp³-hybridized carbons (Fsp3) is 0.625. The molecule has 0 unspecified atom stereocenters. The maximum atomic E-state index is 10.4. The van der Waals surface area contributed by atoms with Crippen LogP contribution in [0.2, 0.25) is 0 Å². The van der Waals surface area contributed by atoms with E-state index in [2.05, 4.69) is 24.1 Å². The highest BCUT2D eigenvalue weighted by Gasteiger charge is 2.19. The molecule has 4 heteroatoms. The number of carbonyl (C=O) groups is 1. The number of hydrogen-bond acceptors (Lipinski definition) is 3. The minimum Gasteiger partial charge on any atom is -0.479 e. The molecular weight excluding hydrogens is 156 g/mol. The Labute approximate surface area is 71.0 Å². The number of rotatable bonds is 3. The summed E-state index contributed by atoms with van der Waals surface area (Å²) in [6.45, 7) is 4.12. The lowest BCUT2D eigenvalue weighted by Crippen LogP contribution is -2.12. The van der Waals surface area contributed by atoms with Gasteiger partial charge in [-0.05, 0) is 18.4 Å². The minimum absolute atomic E-state index is 0.489. The number of azo groups is 1. The zero-order chi connectivity index (χ0) is 9.14. The molecule has 4 nitrogen and oxygen atoms in total. The Bertz CT molecular complexity index is 243. The smallest absolute Gasteiger partial charge is 0.334 e. The third kappa shape index (κ3) is 2.15. The van der Waals surface area contributed by atoms with Crippen molar-refractivity contribution in [1.29, 1.82) is 0 Å². The Morgan fingerprint density at radius 2 is 2.42 bits per heavy atom. The highest BCUT2D eigenvalue weighted by Crippen LogP contribution is 2.19. The summed E-state index contributed by atoms with van der Waals surface area (Å²) in [6.07, 6.45) is 2.40. The quantitative estimate of drug-likeness (QED) is 0.698. The first-order valence-electron chi connectivity index (χ1n) is 3.94. The summed E-state index contributed by atoms with van der Waals surface area (Å²) < 4.78 is 0. The molecule has 0 saturated carbocycles. The van der Waals surface area contributed by atoms with Crippen LogP contribution >= 0.6 is 0 Å². The van der Waals surface area contributed by atoms with Crippen molar-refractivity contribution in [2.45, 2.75) is 26.3 Å². The van der Waals surface area contributed by atoms with Crippen molar-refractivity contribution in [2.75, 3.05) is 0 Å². The summed E-state index contributed by atoms with van der Waals surface area (Å²) in [5.41, 5.74) is 0.789. The van der Waals surface area contributed by atoms with Crippen LogP contribution in [-0.4, -0.2) is 17.1 Å². The molecule has 0 fully saturated rings. The molecule has 0 aromatic heterocycles. The second kappa shape index (κ2) is 3.47. The van der Waals surface area contributed by atoms with Gasteiger partial charge in [0.05, 0.1) is 5.70 Å². The first-order valence-corrected chi connectivity index (χ1v) is 3.94. The number of hydrogen-bond donors (Lipinski definition) is 1. The molecular formula is C8H12N2O2. The number of carboxylic acid groups (broad SMARTS) is 1. The number of allylic oxidation sites excluding steroid dienone is 1. The number of aliphatic carboxylic acids is 1. The zero-order valence-corrected chi connectivity index (χ0v) is 7.19. The molecule has 1 atom stereocenters. The molecule has 0 saturated heterocycles. The predicted octanol–water partition coefficient (Wildman–Crippen LogP) is 1.84. The van der Waals surface area contributed by atoms with E-state index in [1.54, 1.807) is 6.08 Å². The molecule has 0 spiro atoms. The van der Waals surface area contributed by atoms with Gasteiger partial charge in [-0.25, -0.2) is 4.79 Å². The fourth-order valence-corrected chi connectivity index (χ4v) is 1.03. The van der Waals surface area contributed by atoms with Crippen molar-refractivity contribution in [2.24, 2.45) is 16.1 Å². The van der Waals surface area contributed by atoms with Gasteiger partial charge in [0, 0.05) is 0 Å². The molecule has 1 aliphatic rings. The summed E-state index contributed by atoms with van der Waals surface area (Å²) in [6, 6.07) is -0.751. The van der Waals surface area contributed by atoms with E-state index in [0.29, 0.717) is 5.92 Å². The highest BCUT2D eigenvalue weighted by molar-refractivity contribution is 5.76. The molecule has 0 aromatic rings. The first kappa shape index (κ1) is 8.90. The second-order valence-electron chi connectivity index (χ2n) is 3.25. The van der Waals surface area contributed by atoms with Gasteiger partial charge in [0.25, 0.3) is 0 Å². The summed E-state index contributed by atoms with van der Waals surface area (Å²) >= 11 is 0. The molecule has 1 heterocycles. The molecule has 0 amide bonds. The number of nitrogens with zero attached hydrogens (tertiary/aromatic N) is 2. The van der Waals surface area contributed by atoms with E-state index in [4.69, 9.17) is 5.11 Å². The normalized spacial score (nSPS) is 21.6. The van der Waals surface area contributed by atoms with Crippen molar-refractivity contribution in [1.82, 2.24) is 0 Å². The van der Waals surface area contributed by atoms with Gasteiger partial charge in [0.1, 0.15) is 0 Å². The van der Waals surface area contributed by atoms with Crippen molar-refractivity contribution < 1.29 is 9.90 Å². The van der Waals surface area contributed by atoms with E-state index in [1.165, 1.54) is 0 Å². The SMILES string of the molecule is CC(C)CC1=C[C@@H](C(=O)O)N=N1. The Kier molecular flexibility index (Phi) is 2.58. The highest BCUT2D eigenvalue weighted by atomic mass is 16.4. The number of carboxylic acids is 1. The Morgan fingerprint density at radius 3 is 2.83 bits per heavy atom. The van der Waals surface area contributed by atoms with E-state index in [-0.39, 0.29) is 0 Å². The molecule has 66 valence electrons. The van der Waals surface area contributed by atoms with Crippen LogP contribution in [0.1, 0.15) is 20.3 Å². The lowest BCUT2D eigenvalue weighted by molar-refractivity contribution is -0.137. The van der Waals surface area contributed by atoms with Gasteiger partial charge in [-0.15, -0.1) is 0 Å². The molecule has 0 aliphatic carbocycles. The van der Waals surface area contributed by atoms with Crippen LogP contribution in [0.5, 0.6) is 0 Å². The van der Waals surface area contributed by atoms with Crippen LogP contribution < -0.4 is 0 Å². The van der Waals surface area contributed by atoms with E-state index in [0.717, 1.165) is 12.1 Å². The minimum atomic E-state index is -0.933. The topological polar surface area (TPSA) is 62.0 Å². The van der Waals surface area contributed by atoms with Gasteiger partial charge in [-0.3, -0.25) is 0 Å². The Hall–Kier alpha value is -1.19. The summed E-state index contributed by atoms with van der Waals surface area (Å²) in [4.78, 5) is 10.4. The van der Waals surface area contributed by atoms with Crippen molar-refractivity contribution in [3.05, 3.63) is 11.8 Å². The van der Waals surface area contributed by atoms with Crippen molar-refractivity contribution >= 4 is 5.97 Å². The third-order valence-electron chi connectivity index (χ3n) is 1.53. The van der Waals surface area contributed by atoms with E-state index >= 15 is 0 Å². The van der Waals surface area contributed by atoms with Gasteiger partial charge in [-0.2, -0.15) is 10.2 Å². The average molecular weight is 168 g/mol. The zero-order valence-electron chi connectivity index (χ0n) is 7.19. The largest absolute Gasteiger partial charge is 0.479 e. The van der Waals surface area contributed by atoms with Gasteiger partial charge in [0.15, 0.2) is 6.04 Å². The van der Waals surface area contributed by atoms with Crippen molar-refractivity contribution in [3.63, 3.8) is 0 Å². The average Bonchev–Trinajstić information content (AvgIpc) is 2.34. The molecule has 1 aliphatic heterocycles. The van der Waals surface area contributed by atoms with Gasteiger partial charge in [-0.1, -0.05) is 13.8 Å². The maximum Gasteiger partial charge on any atom is 0.334 e. The Balaban J connectivity index is 2.56. The van der Waals surface area contributed by atoms with E-state index in [9.17, 15) is 4.79 Å². The molecule has 0 radical (unpaired) electrons. The van der Waals surface area contributed by atoms with Crippen LogP contribution in [0.15, 0.2) is 22.0 Å². The summed E-state index contributed by atoms with van der Waals surface area (Å²) in [7, 11) is 0. The first-order chi connectivity index (χ1) is 5.59. The Morgan fingerprint density at radius 1 is 1.75 bits per heavy atom. The molecule has 0 aromatic carbocycles. The predicted molar refractivity (Wildman–Crippen MR) is 43.8 cm³/mol. The van der Waals surface area contributed by atoms with Crippen LogP contribution in [-0.2, 0) is 4.79 Å². The molecule has 0 bridgehead atoms. The standard InChI is InChI=1S/C8H12N2O2/c1-5(2)3-6-4-7(8(11)12)10-9-6/h4-5,7H,3H2,1-2H3,(H,11,12)/t7-/m0/s1.